The van der Waals surface area contributed by atoms with Gasteiger partial charge in [0.15, 0.2) is 0 Å². The number of rotatable bonds is 7. The molecule has 1 N–H and O–H groups in total. The summed E-state index contributed by atoms with van der Waals surface area (Å²) in [7, 11) is 0.641. The van der Waals surface area contributed by atoms with E-state index in [9.17, 15) is 4.21 Å². The van der Waals surface area contributed by atoms with Gasteiger partial charge in [0.05, 0.1) is 29.8 Å². The molecule has 0 radical (unpaired) electrons. The molecule has 1 atom stereocenters. The number of aromatic nitrogens is 3. The molecule has 35 heavy (non-hydrogen) atoms. The first-order valence-electron chi connectivity index (χ1n) is 11.3. The topological polar surface area (TPSA) is 71.0 Å². The minimum Gasteiger partial charge on any atom is -0.364 e. The SMILES string of the molecule is CN(c1cncc(-c2cc3cccc(-c4ccccc4)c3c(NCc3ccccn3)n2)c1)S(C)=O. The number of benzene rings is 2. The minimum absolute atomic E-state index is 0.547. The minimum atomic E-state index is -1.15. The van der Waals surface area contributed by atoms with Crippen molar-refractivity contribution in [1.29, 1.82) is 0 Å². The summed E-state index contributed by atoms with van der Waals surface area (Å²) in [5, 5.41) is 5.64. The normalized spacial score (nSPS) is 11.8. The Bertz CT molecular complexity index is 1490. The second-order valence-electron chi connectivity index (χ2n) is 8.15. The largest absolute Gasteiger partial charge is 0.364 e. The number of anilines is 2. The Balaban J connectivity index is 1.66. The van der Waals surface area contributed by atoms with Crippen molar-refractivity contribution >= 4 is 33.3 Å². The van der Waals surface area contributed by atoms with Crippen LogP contribution in [0.25, 0.3) is 33.2 Å². The fourth-order valence-corrected chi connectivity index (χ4v) is 4.41. The molecule has 0 fully saturated rings. The van der Waals surface area contributed by atoms with Crippen LogP contribution in [0, 0.1) is 0 Å². The van der Waals surface area contributed by atoms with Gasteiger partial charge in [-0.2, -0.15) is 0 Å². The van der Waals surface area contributed by atoms with Gasteiger partial charge in [0, 0.05) is 36.6 Å². The maximum Gasteiger partial charge on any atom is 0.135 e. The Kier molecular flexibility index (Phi) is 6.50. The summed E-state index contributed by atoms with van der Waals surface area (Å²) in [5.74, 6) is 0.778. The van der Waals surface area contributed by atoms with Crippen LogP contribution in [0.1, 0.15) is 5.69 Å². The van der Waals surface area contributed by atoms with Crippen molar-refractivity contribution in [2.24, 2.45) is 0 Å². The van der Waals surface area contributed by atoms with Gasteiger partial charge in [-0.25, -0.2) is 9.19 Å². The molecule has 1 unspecified atom stereocenters. The maximum absolute atomic E-state index is 12.0. The second-order valence-corrected chi connectivity index (χ2v) is 9.55. The zero-order chi connectivity index (χ0) is 24.2. The number of nitrogens with zero attached hydrogens (tertiary/aromatic N) is 4. The lowest BCUT2D eigenvalue weighted by atomic mass is 9.97. The van der Waals surface area contributed by atoms with Gasteiger partial charge in [-0.3, -0.25) is 14.3 Å². The van der Waals surface area contributed by atoms with E-state index in [0.29, 0.717) is 6.54 Å². The highest BCUT2D eigenvalue weighted by molar-refractivity contribution is 7.85. The van der Waals surface area contributed by atoms with E-state index >= 15 is 0 Å². The third-order valence-corrected chi connectivity index (χ3v) is 6.86. The van der Waals surface area contributed by atoms with Gasteiger partial charge in [0.25, 0.3) is 0 Å². The summed E-state index contributed by atoms with van der Waals surface area (Å²) >= 11 is 0. The predicted octanol–water partition coefficient (Wildman–Crippen LogP) is 5.70. The van der Waals surface area contributed by atoms with Crippen LogP contribution in [0.2, 0.25) is 0 Å². The zero-order valence-corrected chi connectivity index (χ0v) is 20.4. The molecular weight excluding hydrogens is 454 g/mol. The van der Waals surface area contributed by atoms with Gasteiger partial charge in [-0.05, 0) is 40.8 Å². The average Bonchev–Trinajstić information content (AvgIpc) is 2.92. The Morgan fingerprint density at radius 1 is 0.914 bits per heavy atom. The van der Waals surface area contributed by atoms with Gasteiger partial charge in [0.2, 0.25) is 0 Å². The standard InChI is InChI=1S/C28H25N5OS/c1-33(35(2)34)24-15-22(17-29-19-24)26-16-21-11-8-13-25(20-9-4-3-5-10-20)27(21)28(32-26)31-18-23-12-6-7-14-30-23/h3-17,19H,18H2,1-2H3,(H,31,32). The molecule has 0 amide bonds. The monoisotopic (exact) mass is 479 g/mol. The molecule has 6 nitrogen and oxygen atoms in total. The van der Waals surface area contributed by atoms with E-state index in [1.807, 2.05) is 42.5 Å². The van der Waals surface area contributed by atoms with Crippen molar-refractivity contribution in [3.63, 3.8) is 0 Å². The highest BCUT2D eigenvalue weighted by Gasteiger charge is 2.14. The number of hydrogen-bond acceptors (Lipinski definition) is 5. The number of hydrogen-bond donors (Lipinski definition) is 1. The molecule has 0 bridgehead atoms. The van der Waals surface area contributed by atoms with Crippen molar-refractivity contribution in [3.8, 4) is 22.4 Å². The van der Waals surface area contributed by atoms with Gasteiger partial charge < -0.3 is 5.32 Å². The highest BCUT2D eigenvalue weighted by Crippen LogP contribution is 2.36. The van der Waals surface area contributed by atoms with Gasteiger partial charge in [-0.1, -0.05) is 54.6 Å². The van der Waals surface area contributed by atoms with Crippen LogP contribution in [-0.4, -0.2) is 32.5 Å². The maximum atomic E-state index is 12.0. The molecule has 5 rings (SSSR count). The Hall–Kier alpha value is -4.10. The van der Waals surface area contributed by atoms with Crippen LogP contribution in [-0.2, 0) is 17.5 Å². The van der Waals surface area contributed by atoms with E-state index in [2.05, 4.69) is 51.7 Å². The second kappa shape index (κ2) is 10.0. The first-order chi connectivity index (χ1) is 17.1. The van der Waals surface area contributed by atoms with Crippen LogP contribution in [0.15, 0.2) is 97.5 Å². The summed E-state index contributed by atoms with van der Waals surface area (Å²) in [6, 6.07) is 26.5. The zero-order valence-electron chi connectivity index (χ0n) is 19.6. The molecule has 0 aliphatic rings. The Labute approximate surface area is 207 Å². The Morgan fingerprint density at radius 3 is 2.51 bits per heavy atom. The van der Waals surface area contributed by atoms with Crippen LogP contribution < -0.4 is 9.62 Å². The summed E-state index contributed by atoms with van der Waals surface area (Å²) in [5.41, 5.74) is 5.58. The molecule has 0 saturated heterocycles. The molecule has 3 heterocycles. The molecule has 0 aliphatic heterocycles. The van der Waals surface area contributed by atoms with E-state index in [4.69, 9.17) is 4.98 Å². The summed E-state index contributed by atoms with van der Waals surface area (Å²) in [6.45, 7) is 0.547. The van der Waals surface area contributed by atoms with E-state index in [1.54, 1.807) is 36.2 Å². The third kappa shape index (κ3) is 4.90. The molecule has 174 valence electrons. The predicted molar refractivity (Wildman–Crippen MR) is 144 cm³/mol. The fraction of sp³-hybridized carbons (Fsp3) is 0.107. The van der Waals surface area contributed by atoms with Crippen molar-refractivity contribution in [1.82, 2.24) is 15.0 Å². The lowest BCUT2D eigenvalue weighted by Gasteiger charge is -2.17. The van der Waals surface area contributed by atoms with Gasteiger partial charge in [-0.15, -0.1) is 0 Å². The van der Waals surface area contributed by atoms with E-state index in [-0.39, 0.29) is 0 Å². The van der Waals surface area contributed by atoms with Crippen molar-refractivity contribution in [2.75, 3.05) is 22.9 Å². The quantitative estimate of drug-likeness (QED) is 0.324. The highest BCUT2D eigenvalue weighted by atomic mass is 32.2. The van der Waals surface area contributed by atoms with Crippen LogP contribution in [0.5, 0.6) is 0 Å². The Morgan fingerprint density at radius 2 is 1.74 bits per heavy atom. The summed E-state index contributed by atoms with van der Waals surface area (Å²) < 4.78 is 13.7. The van der Waals surface area contributed by atoms with Gasteiger partial charge >= 0.3 is 0 Å². The van der Waals surface area contributed by atoms with Crippen LogP contribution in [0.4, 0.5) is 11.5 Å². The molecule has 0 spiro atoms. The van der Waals surface area contributed by atoms with E-state index in [1.165, 1.54) is 0 Å². The number of pyridine rings is 3. The molecule has 3 aromatic heterocycles. The fourth-order valence-electron chi connectivity index (χ4n) is 4.01. The lowest BCUT2D eigenvalue weighted by molar-refractivity contribution is 0.685. The first kappa shape index (κ1) is 22.7. The first-order valence-corrected chi connectivity index (χ1v) is 12.8. The molecule has 0 saturated carbocycles. The third-order valence-electron chi connectivity index (χ3n) is 5.87. The van der Waals surface area contributed by atoms with E-state index < -0.39 is 11.0 Å². The molecule has 5 aromatic rings. The van der Waals surface area contributed by atoms with Crippen LogP contribution >= 0.6 is 0 Å². The van der Waals surface area contributed by atoms with Crippen molar-refractivity contribution in [3.05, 3.63) is 103 Å². The van der Waals surface area contributed by atoms with E-state index in [0.717, 1.165) is 50.4 Å². The van der Waals surface area contributed by atoms with Crippen molar-refractivity contribution in [2.45, 2.75) is 6.54 Å². The van der Waals surface area contributed by atoms with Crippen LogP contribution in [0.3, 0.4) is 0 Å². The molecule has 2 aromatic carbocycles. The number of nitrogens with one attached hydrogen (secondary N) is 1. The summed E-state index contributed by atoms with van der Waals surface area (Å²) in [6.07, 6.45) is 6.93. The molecule has 7 heteroatoms. The average molecular weight is 480 g/mol. The lowest BCUT2D eigenvalue weighted by Crippen LogP contribution is -2.18. The molecular formula is C28H25N5OS. The van der Waals surface area contributed by atoms with Gasteiger partial charge in [0.1, 0.15) is 16.8 Å². The van der Waals surface area contributed by atoms with Crippen molar-refractivity contribution < 1.29 is 4.21 Å². The smallest absolute Gasteiger partial charge is 0.135 e. The number of fused-ring (bicyclic) bond motifs is 1. The molecule has 0 aliphatic carbocycles. The summed E-state index contributed by atoms with van der Waals surface area (Å²) in [4.78, 5) is 13.9.